The Labute approximate surface area is 184 Å². The molecule has 0 saturated carbocycles. The minimum atomic E-state index is -3.26. The highest BCUT2D eigenvalue weighted by Crippen LogP contribution is 2.31. The molecule has 1 aromatic heterocycles. The third kappa shape index (κ3) is 4.90. The highest BCUT2D eigenvalue weighted by molar-refractivity contribution is 14.1. The molecule has 0 aliphatic carbocycles. The van der Waals surface area contributed by atoms with Gasteiger partial charge in [-0.05, 0) is 90.0 Å². The second kappa shape index (κ2) is 8.71. The molecule has 0 atom stereocenters. The van der Waals surface area contributed by atoms with Crippen molar-refractivity contribution in [3.63, 3.8) is 0 Å². The lowest BCUT2D eigenvalue weighted by Gasteiger charge is -2.13. The molecule has 0 unspecified atom stereocenters. The number of ether oxygens (including phenoxy) is 1. The van der Waals surface area contributed by atoms with Crippen molar-refractivity contribution in [3.05, 3.63) is 69.4 Å². The van der Waals surface area contributed by atoms with E-state index < -0.39 is 9.84 Å². The molecule has 0 aliphatic rings. The van der Waals surface area contributed by atoms with Crippen LogP contribution in [0.2, 0.25) is 0 Å². The summed E-state index contributed by atoms with van der Waals surface area (Å²) in [4.78, 5) is 12.3. The zero-order valence-corrected chi connectivity index (χ0v) is 19.5. The van der Waals surface area contributed by atoms with E-state index >= 15 is 0 Å². The Bertz CT molecular complexity index is 1130. The van der Waals surface area contributed by atoms with Gasteiger partial charge < -0.3 is 9.30 Å². The average Bonchev–Trinajstić information content (AvgIpc) is 2.98. The first-order chi connectivity index (χ1) is 13.7. The van der Waals surface area contributed by atoms with Gasteiger partial charge in [-0.1, -0.05) is 12.1 Å². The van der Waals surface area contributed by atoms with Crippen molar-refractivity contribution in [2.75, 3.05) is 12.9 Å². The van der Waals surface area contributed by atoms with Crippen molar-refractivity contribution in [1.29, 1.82) is 0 Å². The van der Waals surface area contributed by atoms with E-state index in [9.17, 15) is 13.2 Å². The van der Waals surface area contributed by atoms with E-state index in [0.717, 1.165) is 31.8 Å². The first-order valence-corrected chi connectivity index (χ1v) is 12.1. The maximum absolute atomic E-state index is 12.1. The van der Waals surface area contributed by atoms with E-state index in [4.69, 9.17) is 4.74 Å². The summed E-state index contributed by atoms with van der Waals surface area (Å²) in [5.41, 5.74) is 4.56. The molecule has 1 heterocycles. The molecule has 0 amide bonds. The van der Waals surface area contributed by atoms with Gasteiger partial charge in [0.15, 0.2) is 9.84 Å². The third-order valence-corrected chi connectivity index (χ3v) is 6.50. The first-order valence-electron chi connectivity index (χ1n) is 9.14. The predicted octanol–water partition coefficient (Wildman–Crippen LogP) is 4.57. The second-order valence-corrected chi connectivity index (χ2v) is 9.99. The number of carbonyl (C=O) groups excluding carboxylic acids is 1. The topological polar surface area (TPSA) is 65.4 Å². The van der Waals surface area contributed by atoms with Crippen LogP contribution in [-0.4, -0.2) is 31.8 Å². The van der Waals surface area contributed by atoms with Crippen molar-refractivity contribution in [1.82, 2.24) is 4.57 Å². The van der Waals surface area contributed by atoms with Gasteiger partial charge in [-0.15, -0.1) is 0 Å². The number of sulfone groups is 1. The number of benzene rings is 2. The van der Waals surface area contributed by atoms with Gasteiger partial charge in [0.25, 0.3) is 0 Å². The van der Waals surface area contributed by atoms with Crippen molar-refractivity contribution < 1.29 is 17.9 Å². The molecule has 0 radical (unpaired) electrons. The Hall–Kier alpha value is -2.13. The Morgan fingerprint density at radius 1 is 1.07 bits per heavy atom. The first kappa shape index (κ1) is 21.6. The number of halogens is 1. The fourth-order valence-corrected chi connectivity index (χ4v) is 4.20. The molecule has 29 heavy (non-hydrogen) atoms. The highest BCUT2D eigenvalue weighted by atomic mass is 127. The maximum atomic E-state index is 12.1. The summed E-state index contributed by atoms with van der Waals surface area (Å²) in [6.45, 7) is 4.10. The number of nitrogens with zero attached hydrogens (tertiary/aromatic N) is 1. The third-order valence-electron chi connectivity index (χ3n) is 4.66. The van der Waals surface area contributed by atoms with Gasteiger partial charge in [0, 0.05) is 21.2 Å². The Morgan fingerprint density at radius 2 is 1.69 bits per heavy atom. The molecule has 0 fully saturated rings. The molecular formula is C22H22INO4S. The predicted molar refractivity (Wildman–Crippen MR) is 122 cm³/mol. The van der Waals surface area contributed by atoms with Crippen LogP contribution in [0.4, 0.5) is 0 Å². The lowest BCUT2D eigenvalue weighted by atomic mass is 10.1. The molecule has 3 rings (SSSR count). The number of rotatable bonds is 6. The second-order valence-electron chi connectivity index (χ2n) is 6.73. The van der Waals surface area contributed by atoms with Gasteiger partial charge in [0.05, 0.1) is 23.6 Å². The normalized spacial score (nSPS) is 11.4. The van der Waals surface area contributed by atoms with Crippen LogP contribution in [0.25, 0.3) is 16.9 Å². The van der Waals surface area contributed by atoms with Crippen LogP contribution in [0, 0.1) is 10.5 Å². The van der Waals surface area contributed by atoms with Gasteiger partial charge in [-0.25, -0.2) is 8.42 Å². The number of hydrogen-bond donors (Lipinski definition) is 0. The molecule has 152 valence electrons. The van der Waals surface area contributed by atoms with E-state index in [2.05, 4.69) is 27.2 Å². The Morgan fingerprint density at radius 3 is 2.24 bits per heavy atom. The van der Waals surface area contributed by atoms with Crippen LogP contribution in [0.5, 0.6) is 0 Å². The molecule has 0 saturated heterocycles. The van der Waals surface area contributed by atoms with Crippen LogP contribution >= 0.6 is 22.6 Å². The zero-order chi connectivity index (χ0) is 21.2. The summed E-state index contributed by atoms with van der Waals surface area (Å²) in [5.74, 6) is -0.269. The van der Waals surface area contributed by atoms with E-state index in [1.807, 2.05) is 37.3 Å². The summed E-state index contributed by atoms with van der Waals surface area (Å²) in [5, 5.41) is 0. The quantitative estimate of drug-likeness (QED) is 0.351. The van der Waals surface area contributed by atoms with Crippen molar-refractivity contribution >= 4 is 38.4 Å². The lowest BCUT2D eigenvalue weighted by molar-refractivity contribution is -0.142. The summed E-state index contributed by atoms with van der Waals surface area (Å²) in [6, 6.07) is 16.9. The smallest absolute Gasteiger partial charge is 0.310 e. The molecule has 0 bridgehead atoms. The summed E-state index contributed by atoms with van der Waals surface area (Å²) in [6.07, 6.45) is 1.38. The van der Waals surface area contributed by atoms with Crippen molar-refractivity contribution in [2.24, 2.45) is 0 Å². The summed E-state index contributed by atoms with van der Waals surface area (Å²) in [7, 11) is -3.26. The van der Waals surface area contributed by atoms with Crippen LogP contribution in [0.1, 0.15) is 18.2 Å². The fourth-order valence-electron chi connectivity index (χ4n) is 3.21. The van der Waals surface area contributed by atoms with E-state index in [1.165, 1.54) is 6.26 Å². The summed E-state index contributed by atoms with van der Waals surface area (Å²) < 4.78 is 31.9. The zero-order valence-electron chi connectivity index (χ0n) is 16.5. The van der Waals surface area contributed by atoms with E-state index in [-0.39, 0.29) is 17.3 Å². The molecule has 7 heteroatoms. The Kier molecular flexibility index (Phi) is 6.48. The number of esters is 1. The van der Waals surface area contributed by atoms with Crippen LogP contribution in [0.15, 0.2) is 59.5 Å². The molecule has 5 nitrogen and oxygen atoms in total. The minimum absolute atomic E-state index is 0.186. The number of hydrogen-bond acceptors (Lipinski definition) is 4. The monoisotopic (exact) mass is 523 g/mol. The SMILES string of the molecule is CCOC(=O)Cc1cc(-c2ccc(S(C)(=O)=O)cc2)n(-c2ccc(I)cc2)c1C. The molecule has 2 aromatic carbocycles. The van der Waals surface area contributed by atoms with Gasteiger partial charge in [0.2, 0.25) is 0 Å². The average molecular weight is 523 g/mol. The van der Waals surface area contributed by atoms with E-state index in [1.54, 1.807) is 31.2 Å². The molecule has 0 N–H and O–H groups in total. The lowest BCUT2D eigenvalue weighted by Crippen LogP contribution is -2.08. The standard InChI is InChI=1S/C22H22INO4S/c1-4-28-22(25)14-17-13-21(16-5-11-20(12-6-16)29(3,26)27)24(15(17)2)19-9-7-18(23)8-10-19/h5-13H,4,14H2,1-3H3. The molecule has 0 spiro atoms. The fraction of sp³-hybridized carbons (Fsp3) is 0.227. The highest BCUT2D eigenvalue weighted by Gasteiger charge is 2.18. The molecule has 0 aliphatic heterocycles. The molecular weight excluding hydrogens is 501 g/mol. The van der Waals surface area contributed by atoms with Crippen molar-refractivity contribution in [3.8, 4) is 16.9 Å². The van der Waals surface area contributed by atoms with Gasteiger partial charge in [-0.3, -0.25) is 4.79 Å². The minimum Gasteiger partial charge on any atom is -0.466 e. The van der Waals surface area contributed by atoms with Crippen LogP contribution < -0.4 is 0 Å². The van der Waals surface area contributed by atoms with Crippen LogP contribution in [-0.2, 0) is 25.8 Å². The summed E-state index contributed by atoms with van der Waals surface area (Å²) >= 11 is 2.26. The number of aromatic nitrogens is 1. The Balaban J connectivity index is 2.13. The molecule has 3 aromatic rings. The van der Waals surface area contributed by atoms with E-state index in [0.29, 0.717) is 6.61 Å². The van der Waals surface area contributed by atoms with Gasteiger partial charge in [-0.2, -0.15) is 0 Å². The van der Waals surface area contributed by atoms with Gasteiger partial charge >= 0.3 is 5.97 Å². The van der Waals surface area contributed by atoms with Crippen molar-refractivity contribution in [2.45, 2.75) is 25.2 Å². The number of carbonyl (C=O) groups is 1. The van der Waals surface area contributed by atoms with Gasteiger partial charge in [0.1, 0.15) is 0 Å². The van der Waals surface area contributed by atoms with Crippen LogP contribution in [0.3, 0.4) is 0 Å². The largest absolute Gasteiger partial charge is 0.466 e. The maximum Gasteiger partial charge on any atom is 0.310 e.